The van der Waals surface area contributed by atoms with Gasteiger partial charge < -0.3 is 5.32 Å². The number of nitrogens with one attached hydrogen (secondary N) is 2. The number of hydrogen-bond donors (Lipinski definition) is 2. The Labute approximate surface area is 132 Å². The van der Waals surface area contributed by atoms with Gasteiger partial charge in [0, 0.05) is 12.2 Å². The van der Waals surface area contributed by atoms with Gasteiger partial charge in [-0.15, -0.1) is 5.10 Å². The van der Waals surface area contributed by atoms with E-state index >= 15 is 0 Å². The van der Waals surface area contributed by atoms with Crippen LogP contribution in [0.5, 0.6) is 0 Å². The van der Waals surface area contributed by atoms with Gasteiger partial charge in [0.2, 0.25) is 11.1 Å². The Kier molecular flexibility index (Phi) is 4.42. The Morgan fingerprint density at radius 2 is 2.41 bits per heavy atom. The number of fused-ring (bicyclic) bond motifs is 1. The quantitative estimate of drug-likeness (QED) is 0.831. The van der Waals surface area contributed by atoms with Crippen LogP contribution < -0.4 is 5.32 Å². The number of aromatic amines is 1. The summed E-state index contributed by atoms with van der Waals surface area (Å²) in [5.41, 5.74) is 2.03. The minimum atomic E-state index is -0.254. The van der Waals surface area contributed by atoms with E-state index in [0.717, 1.165) is 29.8 Å². The highest BCUT2D eigenvalue weighted by molar-refractivity contribution is 7.99. The molecule has 116 valence electrons. The van der Waals surface area contributed by atoms with E-state index in [-0.39, 0.29) is 17.8 Å². The molecule has 1 aliphatic rings. The Morgan fingerprint density at radius 3 is 3.18 bits per heavy atom. The molecular weight excluding hydrogens is 303 g/mol. The summed E-state index contributed by atoms with van der Waals surface area (Å²) in [6, 6.07) is 4.73. The molecule has 3 rings (SSSR count). The summed E-state index contributed by atoms with van der Waals surface area (Å²) in [6.45, 7) is 1.83. The third-order valence-corrected chi connectivity index (χ3v) is 4.51. The van der Waals surface area contributed by atoms with E-state index in [4.69, 9.17) is 0 Å². The maximum Gasteiger partial charge on any atom is 0.221 e. The van der Waals surface area contributed by atoms with Crippen molar-refractivity contribution in [1.82, 2.24) is 20.5 Å². The molecule has 1 aliphatic carbocycles. The molecule has 1 amide bonds. The van der Waals surface area contributed by atoms with Crippen LogP contribution in [0.1, 0.15) is 35.8 Å². The van der Waals surface area contributed by atoms with Gasteiger partial charge in [-0.05, 0) is 43.0 Å². The van der Waals surface area contributed by atoms with Gasteiger partial charge in [-0.25, -0.2) is 9.37 Å². The highest BCUT2D eigenvalue weighted by atomic mass is 32.2. The molecule has 0 unspecified atom stereocenters. The average Bonchev–Trinajstić information content (AvgIpc) is 3.06. The molecule has 22 heavy (non-hydrogen) atoms. The van der Waals surface area contributed by atoms with Crippen LogP contribution in [0.2, 0.25) is 0 Å². The van der Waals surface area contributed by atoms with Gasteiger partial charge in [0.15, 0.2) is 0 Å². The van der Waals surface area contributed by atoms with E-state index in [1.165, 1.54) is 23.9 Å². The van der Waals surface area contributed by atoms with E-state index < -0.39 is 0 Å². The van der Waals surface area contributed by atoms with Crippen molar-refractivity contribution in [3.8, 4) is 0 Å². The number of benzene rings is 1. The minimum absolute atomic E-state index is 0.0260. The number of aryl methyl sites for hydroxylation is 2. The minimum Gasteiger partial charge on any atom is -0.349 e. The second-order valence-corrected chi connectivity index (χ2v) is 6.37. The molecule has 0 saturated heterocycles. The first-order valence-corrected chi connectivity index (χ1v) is 8.20. The van der Waals surface area contributed by atoms with Crippen molar-refractivity contribution in [2.24, 2.45) is 0 Å². The van der Waals surface area contributed by atoms with Crippen molar-refractivity contribution in [3.05, 3.63) is 41.0 Å². The molecule has 1 aromatic carbocycles. The fourth-order valence-electron chi connectivity index (χ4n) is 2.61. The summed E-state index contributed by atoms with van der Waals surface area (Å²) >= 11 is 1.44. The number of hydrogen-bond acceptors (Lipinski definition) is 4. The van der Waals surface area contributed by atoms with E-state index in [2.05, 4.69) is 20.5 Å². The molecule has 0 bridgehead atoms. The van der Waals surface area contributed by atoms with Crippen LogP contribution in [-0.4, -0.2) is 26.8 Å². The monoisotopic (exact) mass is 320 g/mol. The third kappa shape index (κ3) is 3.47. The van der Waals surface area contributed by atoms with Crippen LogP contribution in [0.3, 0.4) is 0 Å². The molecule has 0 fully saturated rings. The van der Waals surface area contributed by atoms with Crippen LogP contribution in [-0.2, 0) is 11.2 Å². The van der Waals surface area contributed by atoms with E-state index in [9.17, 15) is 9.18 Å². The number of halogens is 1. The van der Waals surface area contributed by atoms with Gasteiger partial charge >= 0.3 is 0 Å². The van der Waals surface area contributed by atoms with Gasteiger partial charge in [-0.2, -0.15) is 0 Å². The Morgan fingerprint density at radius 1 is 1.55 bits per heavy atom. The summed E-state index contributed by atoms with van der Waals surface area (Å²) in [5, 5.41) is 10.4. The zero-order chi connectivity index (χ0) is 15.5. The Hall–Kier alpha value is -1.89. The van der Waals surface area contributed by atoms with Gasteiger partial charge in [0.05, 0.1) is 6.04 Å². The second-order valence-electron chi connectivity index (χ2n) is 5.30. The van der Waals surface area contributed by atoms with Crippen LogP contribution in [0.4, 0.5) is 4.39 Å². The maximum atomic E-state index is 13.3. The molecule has 0 spiro atoms. The number of aromatic nitrogens is 3. The third-order valence-electron chi connectivity index (χ3n) is 3.66. The fourth-order valence-corrected chi connectivity index (χ4v) is 3.39. The molecule has 7 heteroatoms. The van der Waals surface area contributed by atoms with Gasteiger partial charge in [-0.1, -0.05) is 17.8 Å². The lowest BCUT2D eigenvalue weighted by atomic mass is 10.1. The molecule has 1 heterocycles. The van der Waals surface area contributed by atoms with Crippen LogP contribution in [0.15, 0.2) is 23.4 Å². The van der Waals surface area contributed by atoms with Crippen molar-refractivity contribution in [1.29, 1.82) is 0 Å². The normalized spacial score (nSPS) is 16.5. The van der Waals surface area contributed by atoms with E-state index in [0.29, 0.717) is 17.3 Å². The topological polar surface area (TPSA) is 70.7 Å². The smallest absolute Gasteiger partial charge is 0.221 e. The van der Waals surface area contributed by atoms with E-state index in [1.807, 2.05) is 6.92 Å². The summed E-state index contributed by atoms with van der Waals surface area (Å²) < 4.78 is 13.3. The second kappa shape index (κ2) is 6.48. The molecule has 0 saturated carbocycles. The van der Waals surface area contributed by atoms with Gasteiger partial charge in [0.1, 0.15) is 11.6 Å². The molecule has 2 N–H and O–H groups in total. The summed E-state index contributed by atoms with van der Waals surface area (Å²) in [6.07, 6.45) is 2.10. The first-order valence-electron chi connectivity index (χ1n) is 7.21. The molecule has 2 aromatic rings. The van der Waals surface area contributed by atoms with Crippen LogP contribution >= 0.6 is 11.8 Å². The average molecular weight is 320 g/mol. The van der Waals surface area contributed by atoms with Gasteiger partial charge in [-0.3, -0.25) is 9.89 Å². The number of nitrogens with zero attached hydrogens (tertiary/aromatic N) is 2. The number of H-pyrrole nitrogens is 1. The number of carbonyl (C=O) groups excluding carboxylic acids is 1. The van der Waals surface area contributed by atoms with Crippen LogP contribution in [0, 0.1) is 12.7 Å². The lowest BCUT2D eigenvalue weighted by molar-refractivity contribution is -0.121. The first-order chi connectivity index (χ1) is 10.6. The maximum absolute atomic E-state index is 13.3. The zero-order valence-electron chi connectivity index (χ0n) is 12.2. The van der Waals surface area contributed by atoms with Gasteiger partial charge in [0.25, 0.3) is 0 Å². The number of carbonyl (C=O) groups is 1. The van der Waals surface area contributed by atoms with Crippen molar-refractivity contribution >= 4 is 17.7 Å². The first kappa shape index (κ1) is 15.0. The molecule has 1 aromatic heterocycles. The van der Waals surface area contributed by atoms with Crippen molar-refractivity contribution in [3.63, 3.8) is 0 Å². The largest absolute Gasteiger partial charge is 0.349 e. The highest BCUT2D eigenvalue weighted by Gasteiger charge is 2.24. The number of amides is 1. The van der Waals surface area contributed by atoms with Crippen molar-refractivity contribution < 1.29 is 9.18 Å². The lowest BCUT2D eigenvalue weighted by Crippen LogP contribution is -2.27. The Bertz CT molecular complexity index is 688. The summed E-state index contributed by atoms with van der Waals surface area (Å²) in [4.78, 5) is 16.2. The number of rotatable bonds is 5. The SMILES string of the molecule is Cc1nc(SCCC(=O)N[C@@H]2CCc3ccc(F)cc32)n[nH]1. The van der Waals surface area contributed by atoms with Crippen LogP contribution in [0.25, 0.3) is 0 Å². The molecular formula is C15H17FN4OS. The van der Waals surface area contributed by atoms with E-state index in [1.54, 1.807) is 6.07 Å². The van der Waals surface area contributed by atoms with Crippen molar-refractivity contribution in [2.45, 2.75) is 37.4 Å². The predicted molar refractivity (Wildman–Crippen MR) is 82.1 cm³/mol. The Balaban J connectivity index is 1.50. The molecule has 1 atom stereocenters. The zero-order valence-corrected chi connectivity index (χ0v) is 13.0. The molecule has 5 nitrogen and oxygen atoms in total. The standard InChI is InChI=1S/C15H17FN4OS/c1-9-17-15(20-19-9)22-7-6-14(21)18-13-5-3-10-2-4-11(16)8-12(10)13/h2,4,8,13H,3,5-7H2,1H3,(H,18,21)(H,17,19,20)/t13-/m1/s1. The highest BCUT2D eigenvalue weighted by Crippen LogP contribution is 2.31. The molecule has 0 radical (unpaired) electrons. The molecule has 0 aliphatic heterocycles. The predicted octanol–water partition coefficient (Wildman–Crippen LogP) is 2.54. The number of thioether (sulfide) groups is 1. The van der Waals surface area contributed by atoms with Crippen molar-refractivity contribution in [2.75, 3.05) is 5.75 Å². The summed E-state index contributed by atoms with van der Waals surface area (Å²) in [5.74, 6) is 1.10. The lowest BCUT2D eigenvalue weighted by Gasteiger charge is -2.14. The fraction of sp³-hybridized carbons (Fsp3) is 0.400. The summed E-state index contributed by atoms with van der Waals surface area (Å²) in [7, 11) is 0.